The standard InChI is InChI=1S/C23H34N4O2S/c1-5-9-17(6-2)12-14-27-22(29)19-11-10-18(16-20(19)25-23(27)30)21(28)24-13-15-26(7-3)8-4/h6,10-11,16H,5,7-9,12-15H2,1-4H3,(H,24,28)(H,25,30). The Hall–Kier alpha value is -2.25. The third-order valence-electron chi connectivity index (χ3n) is 5.49. The van der Waals surface area contributed by atoms with E-state index in [1.807, 2.05) is 6.92 Å². The van der Waals surface area contributed by atoms with Crippen molar-refractivity contribution in [2.24, 2.45) is 0 Å². The van der Waals surface area contributed by atoms with E-state index in [4.69, 9.17) is 12.2 Å². The summed E-state index contributed by atoms with van der Waals surface area (Å²) in [4.78, 5) is 30.8. The maximum Gasteiger partial charge on any atom is 0.262 e. The normalized spacial score (nSPS) is 12.0. The molecular formula is C23H34N4O2S. The Bertz CT molecular complexity index is 1000. The van der Waals surface area contributed by atoms with Gasteiger partial charge in [0.05, 0.1) is 10.9 Å². The lowest BCUT2D eigenvalue weighted by Crippen LogP contribution is -2.34. The molecule has 0 unspecified atom stereocenters. The van der Waals surface area contributed by atoms with Crippen LogP contribution in [-0.2, 0) is 6.54 Å². The third kappa shape index (κ3) is 6.12. The summed E-state index contributed by atoms with van der Waals surface area (Å²) >= 11 is 5.44. The molecule has 0 aliphatic rings. The van der Waals surface area contributed by atoms with Crippen LogP contribution in [0, 0.1) is 4.77 Å². The number of aromatic amines is 1. The molecular weight excluding hydrogens is 396 g/mol. The molecule has 0 saturated heterocycles. The second-order valence-electron chi connectivity index (χ2n) is 7.38. The van der Waals surface area contributed by atoms with Crippen molar-refractivity contribution in [3.8, 4) is 0 Å². The Morgan fingerprint density at radius 1 is 1.23 bits per heavy atom. The Kier molecular flexibility index (Phi) is 9.46. The Morgan fingerprint density at radius 3 is 2.60 bits per heavy atom. The van der Waals surface area contributed by atoms with Crippen LogP contribution in [0.3, 0.4) is 0 Å². The summed E-state index contributed by atoms with van der Waals surface area (Å²) in [7, 11) is 0. The number of aromatic nitrogens is 2. The van der Waals surface area contributed by atoms with Crippen LogP contribution in [0.4, 0.5) is 0 Å². The van der Waals surface area contributed by atoms with Crippen LogP contribution in [0.1, 0.15) is 57.3 Å². The summed E-state index contributed by atoms with van der Waals surface area (Å²) in [6, 6.07) is 5.12. The van der Waals surface area contributed by atoms with Crippen LogP contribution in [0.15, 0.2) is 34.6 Å². The van der Waals surface area contributed by atoms with Crippen molar-refractivity contribution in [3.05, 3.63) is 50.5 Å². The van der Waals surface area contributed by atoms with Gasteiger partial charge in [-0.2, -0.15) is 0 Å². The molecule has 7 heteroatoms. The van der Waals surface area contributed by atoms with Gasteiger partial charge in [0.1, 0.15) is 0 Å². The van der Waals surface area contributed by atoms with Gasteiger partial charge >= 0.3 is 0 Å². The minimum atomic E-state index is -0.148. The predicted octanol–water partition coefficient (Wildman–Crippen LogP) is 4.27. The molecule has 1 aromatic heterocycles. The fraction of sp³-hybridized carbons (Fsp3) is 0.522. The van der Waals surface area contributed by atoms with Crippen molar-refractivity contribution in [2.45, 2.75) is 53.5 Å². The molecule has 1 heterocycles. The Balaban J connectivity index is 2.18. The first-order chi connectivity index (χ1) is 14.4. The number of likely N-dealkylation sites (N-methyl/N-ethyl adjacent to an activating group) is 1. The Labute approximate surface area is 184 Å². The van der Waals surface area contributed by atoms with Crippen molar-refractivity contribution in [2.75, 3.05) is 26.2 Å². The van der Waals surface area contributed by atoms with Gasteiger partial charge in [0, 0.05) is 25.2 Å². The molecule has 2 rings (SSSR count). The van der Waals surface area contributed by atoms with E-state index in [-0.39, 0.29) is 11.5 Å². The summed E-state index contributed by atoms with van der Waals surface area (Å²) in [6.45, 7) is 12.3. The number of H-pyrrole nitrogens is 1. The summed E-state index contributed by atoms with van der Waals surface area (Å²) in [5, 5.41) is 3.49. The largest absolute Gasteiger partial charge is 0.351 e. The van der Waals surface area contributed by atoms with Crippen molar-refractivity contribution < 1.29 is 4.79 Å². The molecule has 0 aliphatic heterocycles. The van der Waals surface area contributed by atoms with Gasteiger partial charge in [-0.3, -0.25) is 14.2 Å². The molecule has 0 radical (unpaired) electrons. The van der Waals surface area contributed by atoms with Gasteiger partial charge in [0.2, 0.25) is 0 Å². The first kappa shape index (κ1) is 24.0. The van der Waals surface area contributed by atoms with Crippen molar-refractivity contribution >= 4 is 29.0 Å². The number of nitrogens with one attached hydrogen (secondary N) is 2. The van der Waals surface area contributed by atoms with E-state index >= 15 is 0 Å². The van der Waals surface area contributed by atoms with Gasteiger partial charge < -0.3 is 15.2 Å². The molecule has 2 N–H and O–H groups in total. The van der Waals surface area contributed by atoms with Crippen LogP contribution >= 0.6 is 12.2 Å². The van der Waals surface area contributed by atoms with Crippen molar-refractivity contribution in [3.63, 3.8) is 0 Å². The van der Waals surface area contributed by atoms with Gasteiger partial charge in [0.15, 0.2) is 4.77 Å². The average molecular weight is 431 g/mol. The van der Waals surface area contributed by atoms with Crippen molar-refractivity contribution in [1.82, 2.24) is 19.8 Å². The van der Waals surface area contributed by atoms with E-state index in [0.29, 0.717) is 34.3 Å². The van der Waals surface area contributed by atoms with E-state index in [9.17, 15) is 9.59 Å². The van der Waals surface area contributed by atoms with Gasteiger partial charge in [-0.15, -0.1) is 0 Å². The number of fused-ring (bicyclic) bond motifs is 1. The lowest BCUT2D eigenvalue weighted by Gasteiger charge is -2.18. The zero-order chi connectivity index (χ0) is 22.1. The molecule has 0 spiro atoms. The molecule has 2 aromatic rings. The van der Waals surface area contributed by atoms with E-state index in [1.165, 1.54) is 5.57 Å². The van der Waals surface area contributed by atoms with E-state index in [0.717, 1.165) is 38.9 Å². The van der Waals surface area contributed by atoms with Gasteiger partial charge in [-0.1, -0.05) is 38.8 Å². The molecule has 0 bridgehead atoms. The number of amides is 1. The molecule has 1 amide bonds. The van der Waals surface area contributed by atoms with E-state index in [2.05, 4.69) is 42.0 Å². The van der Waals surface area contributed by atoms with Gasteiger partial charge in [-0.05, 0) is 63.3 Å². The summed E-state index contributed by atoms with van der Waals surface area (Å²) in [5.74, 6) is -0.148. The topological polar surface area (TPSA) is 70.1 Å². The highest BCUT2D eigenvalue weighted by molar-refractivity contribution is 7.71. The zero-order valence-corrected chi connectivity index (χ0v) is 19.4. The lowest BCUT2D eigenvalue weighted by atomic mass is 10.1. The highest BCUT2D eigenvalue weighted by Gasteiger charge is 2.11. The monoisotopic (exact) mass is 430 g/mol. The molecule has 0 atom stereocenters. The minimum absolute atomic E-state index is 0.116. The van der Waals surface area contributed by atoms with Crippen LogP contribution in [-0.4, -0.2) is 46.5 Å². The number of rotatable bonds is 11. The van der Waals surface area contributed by atoms with Crippen LogP contribution in [0.5, 0.6) is 0 Å². The summed E-state index contributed by atoms with van der Waals surface area (Å²) < 4.78 is 2.00. The molecule has 30 heavy (non-hydrogen) atoms. The second kappa shape index (κ2) is 11.8. The minimum Gasteiger partial charge on any atom is -0.351 e. The molecule has 0 saturated carbocycles. The number of hydrogen-bond donors (Lipinski definition) is 2. The smallest absolute Gasteiger partial charge is 0.262 e. The molecule has 6 nitrogen and oxygen atoms in total. The molecule has 1 aromatic carbocycles. The SMILES string of the molecule is CC=C(CCC)CCn1c(=S)[nH]c2cc(C(=O)NCCN(CC)CC)ccc2c1=O. The lowest BCUT2D eigenvalue weighted by molar-refractivity contribution is 0.0949. The van der Waals surface area contributed by atoms with Crippen molar-refractivity contribution in [1.29, 1.82) is 0 Å². The summed E-state index contributed by atoms with van der Waals surface area (Å²) in [5.41, 5.74) is 2.33. The molecule has 164 valence electrons. The number of allylic oxidation sites excluding steroid dienone is 2. The predicted molar refractivity (Wildman–Crippen MR) is 127 cm³/mol. The van der Waals surface area contributed by atoms with Crippen LogP contribution in [0.2, 0.25) is 0 Å². The average Bonchev–Trinajstić information content (AvgIpc) is 2.75. The quantitative estimate of drug-likeness (QED) is 0.413. The molecule has 0 aliphatic carbocycles. The third-order valence-corrected chi connectivity index (χ3v) is 5.81. The van der Waals surface area contributed by atoms with E-state index in [1.54, 1.807) is 22.8 Å². The number of carbonyl (C=O) groups excluding carboxylic acids is 1. The first-order valence-corrected chi connectivity index (χ1v) is 11.3. The number of carbonyl (C=O) groups is 1. The van der Waals surface area contributed by atoms with E-state index < -0.39 is 0 Å². The Morgan fingerprint density at radius 2 is 1.97 bits per heavy atom. The maximum absolute atomic E-state index is 13.0. The van der Waals surface area contributed by atoms with Crippen LogP contribution < -0.4 is 10.9 Å². The fourth-order valence-corrected chi connectivity index (χ4v) is 3.84. The molecule has 0 fully saturated rings. The number of nitrogens with zero attached hydrogens (tertiary/aromatic N) is 2. The van der Waals surface area contributed by atoms with Gasteiger partial charge in [-0.25, -0.2) is 0 Å². The first-order valence-electron chi connectivity index (χ1n) is 10.9. The second-order valence-corrected chi connectivity index (χ2v) is 7.76. The number of hydrogen-bond acceptors (Lipinski definition) is 4. The van der Waals surface area contributed by atoms with Gasteiger partial charge in [0.25, 0.3) is 11.5 Å². The zero-order valence-electron chi connectivity index (χ0n) is 18.6. The fourth-order valence-electron chi connectivity index (χ4n) is 3.56. The van der Waals surface area contributed by atoms with Crippen LogP contribution in [0.25, 0.3) is 10.9 Å². The highest BCUT2D eigenvalue weighted by atomic mass is 32.1. The highest BCUT2D eigenvalue weighted by Crippen LogP contribution is 2.13. The summed E-state index contributed by atoms with van der Waals surface area (Å²) in [6.07, 6.45) is 5.04. The maximum atomic E-state index is 13.0. The number of benzene rings is 1.